The lowest BCUT2D eigenvalue weighted by atomic mass is 9.98. The fourth-order valence-electron chi connectivity index (χ4n) is 3.26. The standard InChI is InChI=1S/C22H28O8/c1-26-16-7-3-14(4-8-16)12-28-20-19(24)18(11-23)30-22(25)21(20)29-13-15-5-9-17(27-2)10-6-15/h3-10,18-25H,11-13H2,1-2H3/t18?,19-,20?,21?,22+/m1/s1. The molecule has 1 aliphatic heterocycles. The van der Waals surface area contributed by atoms with Gasteiger partial charge >= 0.3 is 0 Å². The molecule has 0 bridgehead atoms. The first-order valence-corrected chi connectivity index (χ1v) is 9.67. The van der Waals surface area contributed by atoms with Crippen molar-refractivity contribution in [1.29, 1.82) is 0 Å². The lowest BCUT2D eigenvalue weighted by molar-refractivity contribution is -0.307. The summed E-state index contributed by atoms with van der Waals surface area (Å²) in [6.45, 7) is -0.0984. The highest BCUT2D eigenvalue weighted by Crippen LogP contribution is 2.27. The highest BCUT2D eigenvalue weighted by atomic mass is 16.7. The minimum atomic E-state index is -1.36. The summed E-state index contributed by atoms with van der Waals surface area (Å²) >= 11 is 0. The maximum atomic E-state index is 10.6. The normalized spacial score (nSPS) is 26.4. The number of hydrogen-bond acceptors (Lipinski definition) is 8. The second kappa shape index (κ2) is 10.7. The van der Waals surface area contributed by atoms with E-state index in [2.05, 4.69) is 0 Å². The summed E-state index contributed by atoms with van der Waals surface area (Å²) in [4.78, 5) is 0. The van der Waals surface area contributed by atoms with Crippen molar-refractivity contribution in [2.45, 2.75) is 43.9 Å². The van der Waals surface area contributed by atoms with Crippen LogP contribution in [0.15, 0.2) is 48.5 Å². The first-order chi connectivity index (χ1) is 14.5. The first-order valence-electron chi connectivity index (χ1n) is 9.67. The van der Waals surface area contributed by atoms with E-state index in [0.29, 0.717) is 0 Å². The molecule has 2 aromatic carbocycles. The molecular weight excluding hydrogens is 392 g/mol. The fourth-order valence-corrected chi connectivity index (χ4v) is 3.26. The van der Waals surface area contributed by atoms with Gasteiger partial charge < -0.3 is 39.0 Å². The molecular formula is C22H28O8. The van der Waals surface area contributed by atoms with E-state index in [9.17, 15) is 15.3 Å². The molecule has 1 fully saturated rings. The van der Waals surface area contributed by atoms with Crippen LogP contribution in [0.3, 0.4) is 0 Å². The molecule has 0 aliphatic carbocycles. The van der Waals surface area contributed by atoms with E-state index in [1.165, 1.54) is 0 Å². The molecule has 1 saturated heterocycles. The van der Waals surface area contributed by atoms with Gasteiger partial charge in [0.2, 0.25) is 0 Å². The molecule has 0 radical (unpaired) electrons. The van der Waals surface area contributed by atoms with Gasteiger partial charge in [-0.1, -0.05) is 24.3 Å². The molecule has 0 amide bonds. The molecule has 164 valence electrons. The molecule has 1 aliphatic rings. The molecule has 0 saturated carbocycles. The van der Waals surface area contributed by atoms with Gasteiger partial charge in [-0.3, -0.25) is 0 Å². The Bertz CT molecular complexity index is 764. The molecule has 1 heterocycles. The van der Waals surface area contributed by atoms with Gasteiger partial charge in [0, 0.05) is 0 Å². The number of ether oxygens (including phenoxy) is 5. The minimum absolute atomic E-state index is 0.175. The predicted octanol–water partition coefficient (Wildman–Crippen LogP) is 1.24. The number of hydrogen-bond donors (Lipinski definition) is 3. The zero-order valence-corrected chi connectivity index (χ0v) is 17.0. The van der Waals surface area contributed by atoms with Gasteiger partial charge in [-0.2, -0.15) is 0 Å². The van der Waals surface area contributed by atoms with Gasteiger partial charge in [0.1, 0.15) is 35.9 Å². The van der Waals surface area contributed by atoms with Crippen molar-refractivity contribution in [2.24, 2.45) is 0 Å². The number of benzene rings is 2. The van der Waals surface area contributed by atoms with Crippen molar-refractivity contribution in [1.82, 2.24) is 0 Å². The number of aliphatic hydroxyl groups is 3. The van der Waals surface area contributed by atoms with E-state index in [1.807, 2.05) is 36.4 Å². The topological polar surface area (TPSA) is 107 Å². The molecule has 2 aromatic rings. The van der Waals surface area contributed by atoms with E-state index < -0.39 is 37.3 Å². The minimum Gasteiger partial charge on any atom is -0.497 e. The third-order valence-corrected chi connectivity index (χ3v) is 5.02. The van der Waals surface area contributed by atoms with Crippen molar-refractivity contribution in [3.8, 4) is 11.5 Å². The SMILES string of the molecule is COc1ccc(COC2C(OCc3ccc(OC)cc3)[C@@H](O)OC(CO)[C@H]2O)cc1. The molecule has 0 spiro atoms. The van der Waals surface area contributed by atoms with E-state index in [1.54, 1.807) is 26.4 Å². The highest BCUT2D eigenvalue weighted by molar-refractivity contribution is 5.27. The summed E-state index contributed by atoms with van der Waals surface area (Å²) < 4.78 is 27.4. The number of methoxy groups -OCH3 is 2. The van der Waals surface area contributed by atoms with Crippen molar-refractivity contribution in [3.05, 3.63) is 59.7 Å². The summed E-state index contributed by atoms with van der Waals surface area (Å²) in [5.74, 6) is 1.45. The van der Waals surface area contributed by atoms with Crippen LogP contribution in [-0.2, 0) is 27.4 Å². The zero-order valence-electron chi connectivity index (χ0n) is 17.0. The van der Waals surface area contributed by atoms with Gasteiger partial charge in [-0.25, -0.2) is 0 Å². The Balaban J connectivity index is 1.68. The molecule has 30 heavy (non-hydrogen) atoms. The first kappa shape index (κ1) is 22.5. The number of rotatable bonds is 9. The Morgan fingerprint density at radius 3 is 1.67 bits per heavy atom. The van der Waals surface area contributed by atoms with Crippen molar-refractivity contribution >= 4 is 0 Å². The number of aliphatic hydroxyl groups excluding tert-OH is 3. The Morgan fingerprint density at radius 1 is 0.767 bits per heavy atom. The molecule has 8 heteroatoms. The van der Waals surface area contributed by atoms with Crippen LogP contribution in [0.1, 0.15) is 11.1 Å². The fraction of sp³-hybridized carbons (Fsp3) is 0.455. The average molecular weight is 420 g/mol. The molecule has 5 atom stereocenters. The van der Waals surface area contributed by atoms with Crippen molar-refractivity contribution in [3.63, 3.8) is 0 Å². The van der Waals surface area contributed by atoms with Crippen molar-refractivity contribution in [2.75, 3.05) is 20.8 Å². The maximum absolute atomic E-state index is 10.6. The van der Waals surface area contributed by atoms with Crippen LogP contribution in [0.2, 0.25) is 0 Å². The van der Waals surface area contributed by atoms with Gasteiger partial charge in [-0.15, -0.1) is 0 Å². The molecule has 3 N–H and O–H groups in total. The lowest BCUT2D eigenvalue weighted by Gasteiger charge is -2.42. The van der Waals surface area contributed by atoms with Gasteiger partial charge in [-0.05, 0) is 35.4 Å². The smallest absolute Gasteiger partial charge is 0.184 e. The van der Waals surface area contributed by atoms with Crippen LogP contribution in [0, 0.1) is 0 Å². The summed E-state index contributed by atoms with van der Waals surface area (Å²) in [5, 5.41) is 30.5. The molecule has 0 aromatic heterocycles. The zero-order chi connectivity index (χ0) is 21.5. The van der Waals surface area contributed by atoms with Gasteiger partial charge in [0.15, 0.2) is 6.29 Å². The third-order valence-electron chi connectivity index (χ3n) is 5.02. The van der Waals surface area contributed by atoms with E-state index in [4.69, 9.17) is 23.7 Å². The van der Waals surface area contributed by atoms with Crippen LogP contribution < -0.4 is 9.47 Å². The molecule has 3 rings (SSSR count). The maximum Gasteiger partial charge on any atom is 0.184 e. The third kappa shape index (κ3) is 5.48. The largest absolute Gasteiger partial charge is 0.497 e. The van der Waals surface area contributed by atoms with Crippen LogP contribution in [-0.4, -0.2) is 66.9 Å². The average Bonchev–Trinajstić information content (AvgIpc) is 2.79. The summed E-state index contributed by atoms with van der Waals surface area (Å²) in [7, 11) is 3.18. The Hall–Kier alpha value is -2.20. The van der Waals surface area contributed by atoms with E-state index in [0.717, 1.165) is 22.6 Å². The monoisotopic (exact) mass is 420 g/mol. The van der Waals surface area contributed by atoms with Gasteiger partial charge in [0.25, 0.3) is 0 Å². The Kier molecular flexibility index (Phi) is 8.03. The summed E-state index contributed by atoms with van der Waals surface area (Å²) in [6, 6.07) is 14.6. The highest BCUT2D eigenvalue weighted by Gasteiger charge is 2.46. The predicted molar refractivity (Wildman–Crippen MR) is 107 cm³/mol. The second-order valence-corrected chi connectivity index (χ2v) is 6.99. The summed E-state index contributed by atoms with van der Waals surface area (Å²) in [6.07, 6.45) is -5.33. The lowest BCUT2D eigenvalue weighted by Crippen LogP contribution is -2.60. The van der Waals surface area contributed by atoms with Crippen LogP contribution in [0.4, 0.5) is 0 Å². The van der Waals surface area contributed by atoms with Crippen molar-refractivity contribution < 1.29 is 39.0 Å². The molecule has 3 unspecified atom stereocenters. The van der Waals surface area contributed by atoms with E-state index in [-0.39, 0.29) is 13.2 Å². The van der Waals surface area contributed by atoms with Gasteiger partial charge in [0.05, 0.1) is 34.0 Å². The Morgan fingerprint density at radius 2 is 1.23 bits per heavy atom. The quantitative estimate of drug-likeness (QED) is 0.556. The van der Waals surface area contributed by atoms with Crippen LogP contribution in [0.5, 0.6) is 11.5 Å². The molecule has 8 nitrogen and oxygen atoms in total. The van der Waals surface area contributed by atoms with E-state index >= 15 is 0 Å². The van der Waals surface area contributed by atoms with Crippen LogP contribution >= 0.6 is 0 Å². The Labute approximate surface area is 175 Å². The second-order valence-electron chi connectivity index (χ2n) is 6.99. The van der Waals surface area contributed by atoms with Crippen LogP contribution in [0.25, 0.3) is 0 Å². The summed E-state index contributed by atoms with van der Waals surface area (Å²) in [5.41, 5.74) is 1.72.